The summed E-state index contributed by atoms with van der Waals surface area (Å²) in [6, 6.07) is 7.69. The van der Waals surface area contributed by atoms with Crippen LogP contribution in [0.1, 0.15) is 11.9 Å². The Morgan fingerprint density at radius 1 is 1.29 bits per heavy atom. The Bertz CT molecular complexity index is 770. The lowest BCUT2D eigenvalue weighted by Gasteiger charge is -2.05. The third-order valence-corrected chi connectivity index (χ3v) is 3.93. The Morgan fingerprint density at radius 2 is 2.00 bits per heavy atom. The molecule has 3 nitrogen and oxygen atoms in total. The van der Waals surface area contributed by atoms with E-state index in [-0.39, 0.29) is 5.56 Å². The first-order chi connectivity index (χ1) is 8.22. The number of nitrogens with zero attached hydrogens (tertiary/aromatic N) is 2. The molecule has 2 aromatic heterocycles. The standard InChI is InChI=1S/C13H12N2OS/c1-3-15-12(16)10-7-5-4-6-9(10)11-13(15)17-8(2)14-11/h4-7H,3H2,1-2H3. The van der Waals surface area contributed by atoms with Crippen LogP contribution >= 0.6 is 11.3 Å². The van der Waals surface area contributed by atoms with Crippen molar-refractivity contribution < 1.29 is 0 Å². The lowest BCUT2D eigenvalue weighted by molar-refractivity contribution is 0.772. The minimum Gasteiger partial charge on any atom is -0.298 e. The number of hydrogen-bond acceptors (Lipinski definition) is 3. The van der Waals surface area contributed by atoms with Crippen molar-refractivity contribution in [2.75, 3.05) is 0 Å². The van der Waals surface area contributed by atoms with E-state index in [1.165, 1.54) is 0 Å². The van der Waals surface area contributed by atoms with Gasteiger partial charge in [0.1, 0.15) is 10.3 Å². The van der Waals surface area contributed by atoms with Gasteiger partial charge in [0.15, 0.2) is 0 Å². The van der Waals surface area contributed by atoms with Crippen LogP contribution in [0, 0.1) is 6.92 Å². The van der Waals surface area contributed by atoms with Crippen LogP contribution in [-0.4, -0.2) is 9.55 Å². The number of rotatable bonds is 1. The lowest BCUT2D eigenvalue weighted by atomic mass is 10.1. The molecule has 0 spiro atoms. The summed E-state index contributed by atoms with van der Waals surface area (Å²) < 4.78 is 1.81. The fourth-order valence-electron chi connectivity index (χ4n) is 2.18. The second kappa shape index (κ2) is 3.67. The largest absolute Gasteiger partial charge is 0.298 e. The molecule has 0 amide bonds. The molecule has 0 radical (unpaired) electrons. The van der Waals surface area contributed by atoms with E-state index in [0.717, 1.165) is 26.1 Å². The van der Waals surface area contributed by atoms with Gasteiger partial charge in [-0.3, -0.25) is 9.36 Å². The number of aryl methyl sites for hydroxylation is 2. The van der Waals surface area contributed by atoms with Crippen molar-refractivity contribution in [2.45, 2.75) is 20.4 Å². The van der Waals surface area contributed by atoms with Crippen molar-refractivity contribution in [3.8, 4) is 0 Å². The quantitative estimate of drug-likeness (QED) is 0.659. The van der Waals surface area contributed by atoms with Crippen molar-refractivity contribution in [3.63, 3.8) is 0 Å². The molecule has 0 fully saturated rings. The highest BCUT2D eigenvalue weighted by Gasteiger charge is 2.12. The van der Waals surface area contributed by atoms with Gasteiger partial charge < -0.3 is 0 Å². The summed E-state index contributed by atoms with van der Waals surface area (Å²) in [4.78, 5) is 17.9. The molecule has 0 aliphatic heterocycles. The van der Waals surface area contributed by atoms with Gasteiger partial charge >= 0.3 is 0 Å². The maximum absolute atomic E-state index is 12.3. The molecule has 2 heterocycles. The summed E-state index contributed by atoms with van der Waals surface area (Å²) in [5.74, 6) is 0. The highest BCUT2D eigenvalue weighted by molar-refractivity contribution is 7.18. The van der Waals surface area contributed by atoms with Gasteiger partial charge in [-0.15, -0.1) is 11.3 Å². The zero-order chi connectivity index (χ0) is 12.0. The molecule has 1 aromatic carbocycles. The first-order valence-electron chi connectivity index (χ1n) is 5.61. The predicted octanol–water partition coefficient (Wildman–Crippen LogP) is 2.94. The van der Waals surface area contributed by atoms with Gasteiger partial charge in [0.2, 0.25) is 0 Å². The number of aromatic nitrogens is 2. The third kappa shape index (κ3) is 1.41. The Balaban J connectivity index is 2.68. The second-order valence-corrected chi connectivity index (χ2v) is 5.16. The highest BCUT2D eigenvalue weighted by Crippen LogP contribution is 2.26. The van der Waals surface area contributed by atoms with E-state index in [0.29, 0.717) is 6.54 Å². The van der Waals surface area contributed by atoms with Crippen molar-refractivity contribution in [3.05, 3.63) is 39.6 Å². The zero-order valence-electron chi connectivity index (χ0n) is 9.73. The summed E-state index contributed by atoms with van der Waals surface area (Å²) >= 11 is 1.58. The minimum atomic E-state index is 0.0826. The molecule has 0 saturated carbocycles. The molecule has 0 saturated heterocycles. The van der Waals surface area contributed by atoms with Crippen LogP contribution in [0.15, 0.2) is 29.1 Å². The number of fused-ring (bicyclic) bond motifs is 3. The summed E-state index contributed by atoms with van der Waals surface area (Å²) in [7, 11) is 0. The van der Waals surface area contributed by atoms with Crippen LogP contribution < -0.4 is 5.56 Å². The fourth-order valence-corrected chi connectivity index (χ4v) is 3.17. The Labute approximate surface area is 102 Å². The summed E-state index contributed by atoms with van der Waals surface area (Å²) in [5, 5.41) is 2.71. The van der Waals surface area contributed by atoms with E-state index in [9.17, 15) is 4.79 Å². The van der Waals surface area contributed by atoms with Crippen LogP contribution in [0.2, 0.25) is 0 Å². The molecule has 0 aliphatic rings. The Kier molecular flexibility index (Phi) is 2.26. The SMILES string of the molecule is CCn1c(=O)c2ccccc2c2nc(C)sc21. The molecule has 3 aromatic rings. The van der Waals surface area contributed by atoms with E-state index < -0.39 is 0 Å². The first-order valence-corrected chi connectivity index (χ1v) is 6.42. The average molecular weight is 244 g/mol. The summed E-state index contributed by atoms with van der Waals surface area (Å²) in [5.41, 5.74) is 1.03. The van der Waals surface area contributed by atoms with Crippen molar-refractivity contribution in [1.29, 1.82) is 0 Å². The van der Waals surface area contributed by atoms with Gasteiger partial charge in [0, 0.05) is 17.3 Å². The van der Waals surface area contributed by atoms with Gasteiger partial charge in [0.25, 0.3) is 5.56 Å². The van der Waals surface area contributed by atoms with Crippen molar-refractivity contribution in [1.82, 2.24) is 9.55 Å². The lowest BCUT2D eigenvalue weighted by Crippen LogP contribution is -2.19. The number of hydrogen-bond donors (Lipinski definition) is 0. The van der Waals surface area contributed by atoms with Gasteiger partial charge in [-0.2, -0.15) is 0 Å². The monoisotopic (exact) mass is 244 g/mol. The van der Waals surface area contributed by atoms with Crippen LogP contribution in [-0.2, 0) is 6.54 Å². The molecule has 0 bridgehead atoms. The second-order valence-electron chi connectivity index (χ2n) is 3.98. The van der Waals surface area contributed by atoms with Crippen molar-refractivity contribution in [2.24, 2.45) is 0 Å². The Hall–Kier alpha value is -1.68. The van der Waals surface area contributed by atoms with Crippen LogP contribution in [0.4, 0.5) is 0 Å². The number of thiazole rings is 1. The molecule has 0 N–H and O–H groups in total. The maximum Gasteiger partial charge on any atom is 0.259 e. The topological polar surface area (TPSA) is 34.9 Å². The average Bonchev–Trinajstić information content (AvgIpc) is 2.72. The molecule has 0 unspecified atom stereocenters. The minimum absolute atomic E-state index is 0.0826. The van der Waals surface area contributed by atoms with E-state index in [1.54, 1.807) is 11.3 Å². The molecule has 4 heteroatoms. The Morgan fingerprint density at radius 3 is 2.71 bits per heavy atom. The van der Waals surface area contributed by atoms with E-state index >= 15 is 0 Å². The molecular weight excluding hydrogens is 232 g/mol. The molecular formula is C13H12N2OS. The van der Waals surface area contributed by atoms with E-state index in [1.807, 2.05) is 42.7 Å². The maximum atomic E-state index is 12.3. The first kappa shape index (κ1) is 10.5. The molecule has 0 aliphatic carbocycles. The zero-order valence-corrected chi connectivity index (χ0v) is 10.5. The third-order valence-electron chi connectivity index (χ3n) is 2.94. The molecule has 86 valence electrons. The number of benzene rings is 1. The summed E-state index contributed by atoms with van der Waals surface area (Å²) in [6.07, 6.45) is 0. The van der Waals surface area contributed by atoms with E-state index in [2.05, 4.69) is 4.98 Å². The molecule has 17 heavy (non-hydrogen) atoms. The van der Waals surface area contributed by atoms with Gasteiger partial charge in [-0.05, 0) is 19.9 Å². The number of pyridine rings is 1. The fraction of sp³-hybridized carbons (Fsp3) is 0.231. The molecule has 3 rings (SSSR count). The molecule has 0 atom stereocenters. The van der Waals surface area contributed by atoms with Crippen LogP contribution in [0.25, 0.3) is 21.1 Å². The smallest absolute Gasteiger partial charge is 0.259 e. The normalized spacial score (nSPS) is 11.4. The van der Waals surface area contributed by atoms with Crippen molar-refractivity contribution >= 4 is 32.5 Å². The van der Waals surface area contributed by atoms with Crippen LogP contribution in [0.3, 0.4) is 0 Å². The van der Waals surface area contributed by atoms with Gasteiger partial charge in [-0.25, -0.2) is 4.98 Å². The van der Waals surface area contributed by atoms with E-state index in [4.69, 9.17) is 0 Å². The van der Waals surface area contributed by atoms with Gasteiger partial charge in [-0.1, -0.05) is 18.2 Å². The van der Waals surface area contributed by atoms with Gasteiger partial charge in [0.05, 0.1) is 5.01 Å². The van der Waals surface area contributed by atoms with Crippen LogP contribution in [0.5, 0.6) is 0 Å². The highest BCUT2D eigenvalue weighted by atomic mass is 32.1. The summed E-state index contributed by atoms with van der Waals surface area (Å²) in [6.45, 7) is 4.65. The predicted molar refractivity (Wildman–Crippen MR) is 71.8 cm³/mol.